The molecule has 0 atom stereocenters. The first-order valence-electron chi connectivity index (χ1n) is 6.91. The van der Waals surface area contributed by atoms with Crippen molar-refractivity contribution < 1.29 is 4.42 Å². The van der Waals surface area contributed by atoms with Crippen LogP contribution in [0.5, 0.6) is 0 Å². The molecule has 0 saturated carbocycles. The van der Waals surface area contributed by atoms with Crippen LogP contribution < -0.4 is 5.32 Å². The minimum atomic E-state index is 0.312. The molecule has 0 aliphatic carbocycles. The number of fused-ring (bicyclic) bond motifs is 1. The third-order valence-corrected chi connectivity index (χ3v) is 3.52. The smallest absolute Gasteiger partial charge is 0.320 e. The molecule has 4 rings (SSSR count). The van der Waals surface area contributed by atoms with Crippen LogP contribution in [-0.2, 0) is 6.54 Å². The van der Waals surface area contributed by atoms with Crippen LogP contribution in [-0.4, -0.2) is 25.2 Å². The van der Waals surface area contributed by atoms with Gasteiger partial charge in [-0.1, -0.05) is 34.0 Å². The van der Waals surface area contributed by atoms with E-state index in [4.69, 9.17) is 16.0 Å². The van der Waals surface area contributed by atoms with E-state index in [9.17, 15) is 0 Å². The maximum Gasteiger partial charge on any atom is 0.320 e. The Balaban J connectivity index is 1.52. The first kappa shape index (κ1) is 13.7. The summed E-state index contributed by atoms with van der Waals surface area (Å²) in [5.41, 5.74) is 2.56. The highest BCUT2D eigenvalue weighted by Gasteiger charge is 2.10. The van der Waals surface area contributed by atoms with Gasteiger partial charge in [-0.05, 0) is 36.4 Å². The first-order chi connectivity index (χ1) is 11.3. The number of halogens is 1. The summed E-state index contributed by atoms with van der Waals surface area (Å²) in [5, 5.41) is 19.9. The van der Waals surface area contributed by atoms with Gasteiger partial charge in [0.05, 0.1) is 5.52 Å². The van der Waals surface area contributed by atoms with Gasteiger partial charge in [-0.25, -0.2) is 4.68 Å². The number of anilines is 2. The predicted octanol–water partition coefficient (Wildman–Crippen LogP) is 3.26. The van der Waals surface area contributed by atoms with Crippen LogP contribution in [0.3, 0.4) is 0 Å². The summed E-state index contributed by atoms with van der Waals surface area (Å²) in [4.78, 5) is 0. The molecule has 0 saturated heterocycles. The molecule has 8 heteroatoms. The molecule has 4 aromatic rings. The molecule has 0 fully saturated rings. The van der Waals surface area contributed by atoms with Crippen molar-refractivity contribution in [2.45, 2.75) is 6.54 Å². The molecule has 114 valence electrons. The van der Waals surface area contributed by atoms with E-state index in [1.807, 2.05) is 36.4 Å². The highest BCUT2D eigenvalue weighted by Crippen LogP contribution is 2.18. The highest BCUT2D eigenvalue weighted by atomic mass is 35.5. The van der Waals surface area contributed by atoms with Crippen molar-refractivity contribution >= 4 is 34.3 Å². The van der Waals surface area contributed by atoms with Gasteiger partial charge < -0.3 is 9.73 Å². The Morgan fingerprint density at radius 2 is 1.83 bits per heavy atom. The molecule has 2 aromatic heterocycles. The van der Waals surface area contributed by atoms with Crippen LogP contribution in [0, 0.1) is 0 Å². The lowest BCUT2D eigenvalue weighted by Crippen LogP contribution is -2.02. The summed E-state index contributed by atoms with van der Waals surface area (Å²) in [6.45, 7) is 0.357. The lowest BCUT2D eigenvalue weighted by molar-refractivity contribution is 0.476. The number of nitrogens with one attached hydrogen (secondary N) is 1. The van der Waals surface area contributed by atoms with Crippen molar-refractivity contribution in [3.63, 3.8) is 0 Å². The maximum atomic E-state index is 5.85. The molecule has 1 N–H and O–H groups in total. The fraction of sp³-hybridized carbons (Fsp3) is 0.0667. The first-order valence-corrected chi connectivity index (χ1v) is 7.29. The Labute approximate surface area is 135 Å². The van der Waals surface area contributed by atoms with Crippen LogP contribution in [0.1, 0.15) is 5.89 Å². The third kappa shape index (κ3) is 2.86. The number of para-hydroxylation sites is 1. The number of rotatable bonds is 4. The molecular weight excluding hydrogens is 316 g/mol. The zero-order chi connectivity index (χ0) is 15.6. The number of aromatic nitrogens is 5. The molecule has 2 heterocycles. The Bertz CT molecular complexity index is 946. The van der Waals surface area contributed by atoms with Gasteiger partial charge >= 0.3 is 6.01 Å². The number of nitrogens with zero attached hydrogens (tertiary/aromatic N) is 5. The van der Waals surface area contributed by atoms with E-state index in [-0.39, 0.29) is 0 Å². The minimum absolute atomic E-state index is 0.312. The summed E-state index contributed by atoms with van der Waals surface area (Å²) in [7, 11) is 0. The SMILES string of the molecule is Clc1ccc(Nc2nnc(Cn3nnc4ccccc43)o2)cc1. The van der Waals surface area contributed by atoms with Crippen molar-refractivity contribution in [3.05, 3.63) is 59.4 Å². The average Bonchev–Trinajstić information content (AvgIpc) is 3.18. The summed E-state index contributed by atoms with van der Waals surface area (Å²) < 4.78 is 7.30. The summed E-state index contributed by atoms with van der Waals surface area (Å²) >= 11 is 5.85. The lowest BCUT2D eigenvalue weighted by atomic mass is 10.3. The standard InChI is InChI=1S/C15H11ClN6O/c16-10-5-7-11(8-6-10)17-15-20-19-14(23-15)9-22-13-4-2-1-3-12(13)18-21-22/h1-8H,9H2,(H,17,20). The average molecular weight is 327 g/mol. The predicted molar refractivity (Wildman–Crippen MR) is 85.7 cm³/mol. The minimum Gasteiger partial charge on any atom is -0.406 e. The maximum absolute atomic E-state index is 5.85. The normalized spacial score (nSPS) is 11.0. The van der Waals surface area contributed by atoms with Gasteiger partial charge in [0.15, 0.2) is 0 Å². The van der Waals surface area contributed by atoms with E-state index in [0.29, 0.717) is 23.5 Å². The zero-order valence-corrected chi connectivity index (χ0v) is 12.6. The van der Waals surface area contributed by atoms with Crippen molar-refractivity contribution in [3.8, 4) is 0 Å². The van der Waals surface area contributed by atoms with E-state index in [1.54, 1.807) is 16.8 Å². The molecular formula is C15H11ClN6O. The van der Waals surface area contributed by atoms with Crippen molar-refractivity contribution in [2.75, 3.05) is 5.32 Å². The van der Waals surface area contributed by atoms with Gasteiger partial charge in [-0.2, -0.15) is 0 Å². The Morgan fingerprint density at radius 3 is 2.70 bits per heavy atom. The number of benzene rings is 2. The Hall–Kier alpha value is -2.93. The quantitative estimate of drug-likeness (QED) is 0.620. The molecule has 0 aliphatic heterocycles. The molecule has 0 amide bonds. The van der Waals surface area contributed by atoms with Gasteiger partial charge in [0.25, 0.3) is 0 Å². The van der Waals surface area contributed by atoms with E-state index in [2.05, 4.69) is 25.8 Å². The largest absolute Gasteiger partial charge is 0.406 e. The van der Waals surface area contributed by atoms with Gasteiger partial charge in [-0.3, -0.25) is 0 Å². The molecule has 0 spiro atoms. The fourth-order valence-corrected chi connectivity index (χ4v) is 2.31. The molecule has 0 aliphatic rings. The van der Waals surface area contributed by atoms with E-state index < -0.39 is 0 Å². The summed E-state index contributed by atoms with van der Waals surface area (Å²) in [5.74, 6) is 0.442. The van der Waals surface area contributed by atoms with Crippen molar-refractivity contribution in [1.82, 2.24) is 25.2 Å². The van der Waals surface area contributed by atoms with Crippen LogP contribution in [0.2, 0.25) is 5.02 Å². The van der Waals surface area contributed by atoms with E-state index in [0.717, 1.165) is 16.7 Å². The van der Waals surface area contributed by atoms with Crippen LogP contribution in [0.25, 0.3) is 11.0 Å². The second kappa shape index (κ2) is 5.69. The zero-order valence-electron chi connectivity index (χ0n) is 11.8. The van der Waals surface area contributed by atoms with Gasteiger partial charge in [0, 0.05) is 10.7 Å². The third-order valence-electron chi connectivity index (χ3n) is 3.27. The number of hydrogen-bond acceptors (Lipinski definition) is 6. The van der Waals surface area contributed by atoms with Crippen LogP contribution in [0.15, 0.2) is 52.9 Å². The fourth-order valence-electron chi connectivity index (χ4n) is 2.19. The molecule has 7 nitrogen and oxygen atoms in total. The Morgan fingerprint density at radius 1 is 1.00 bits per heavy atom. The molecule has 23 heavy (non-hydrogen) atoms. The van der Waals surface area contributed by atoms with Crippen LogP contribution in [0.4, 0.5) is 11.7 Å². The highest BCUT2D eigenvalue weighted by molar-refractivity contribution is 6.30. The Kier molecular flexibility index (Phi) is 3.39. The topological polar surface area (TPSA) is 81.7 Å². The summed E-state index contributed by atoms with van der Waals surface area (Å²) in [6.07, 6.45) is 0. The number of hydrogen-bond donors (Lipinski definition) is 1. The molecule has 2 aromatic carbocycles. The van der Waals surface area contributed by atoms with Gasteiger partial charge in [0.2, 0.25) is 5.89 Å². The summed E-state index contributed by atoms with van der Waals surface area (Å²) in [6, 6.07) is 15.2. The lowest BCUT2D eigenvalue weighted by Gasteiger charge is -2.00. The van der Waals surface area contributed by atoms with Gasteiger partial charge in [-0.15, -0.1) is 10.2 Å². The molecule has 0 bridgehead atoms. The van der Waals surface area contributed by atoms with Crippen molar-refractivity contribution in [2.24, 2.45) is 0 Å². The molecule has 0 unspecified atom stereocenters. The molecule has 0 radical (unpaired) electrons. The van der Waals surface area contributed by atoms with Crippen molar-refractivity contribution in [1.29, 1.82) is 0 Å². The monoisotopic (exact) mass is 326 g/mol. The second-order valence-corrected chi connectivity index (χ2v) is 5.31. The van der Waals surface area contributed by atoms with Gasteiger partial charge in [0.1, 0.15) is 12.1 Å². The second-order valence-electron chi connectivity index (χ2n) is 4.87. The van der Waals surface area contributed by atoms with E-state index in [1.165, 1.54) is 0 Å². The van der Waals surface area contributed by atoms with Crippen LogP contribution >= 0.6 is 11.6 Å². The van der Waals surface area contributed by atoms with E-state index >= 15 is 0 Å².